The second-order valence-corrected chi connectivity index (χ2v) is 9.69. The predicted octanol–water partition coefficient (Wildman–Crippen LogP) is 7.37. The third-order valence-corrected chi connectivity index (χ3v) is 5.93. The molecule has 224 valence electrons. The van der Waals surface area contributed by atoms with E-state index in [-0.39, 0.29) is 16.8 Å². The molecule has 0 saturated heterocycles. The largest absolute Gasteiger partial charge is 0.433 e. The van der Waals surface area contributed by atoms with Gasteiger partial charge in [-0.15, -0.1) is 0 Å². The first kappa shape index (κ1) is 31.7. The maximum atomic E-state index is 12.6. The molecule has 0 spiro atoms. The lowest BCUT2D eigenvalue weighted by atomic mass is 10.3. The molecule has 19 heteroatoms. The Labute approximate surface area is 255 Å². The maximum Gasteiger partial charge on any atom is 0.433 e. The maximum absolute atomic E-state index is 12.6. The summed E-state index contributed by atoms with van der Waals surface area (Å²) in [4.78, 5) is 14.7. The highest BCUT2D eigenvalue weighted by Gasteiger charge is 2.33. The lowest BCUT2D eigenvalue weighted by Gasteiger charge is -2.10. The number of anilines is 3. The third kappa shape index (κ3) is 8.42. The van der Waals surface area contributed by atoms with E-state index in [9.17, 15) is 26.3 Å². The van der Waals surface area contributed by atoms with Crippen molar-refractivity contribution in [2.24, 2.45) is 0 Å². The Hall–Kier alpha value is -4.22. The summed E-state index contributed by atoms with van der Waals surface area (Å²) in [5, 5.41) is 11.4. The van der Waals surface area contributed by atoms with Crippen LogP contribution in [0.1, 0.15) is 11.4 Å². The number of fused-ring (bicyclic) bond motifs is 2. The topological polar surface area (TPSA) is 124 Å². The molecule has 3 N–H and O–H groups in total. The van der Waals surface area contributed by atoms with Gasteiger partial charge in [-0.05, 0) is 46.3 Å². The average Bonchev–Trinajstić information content (AvgIpc) is 3.59. The molecule has 6 rings (SSSR count). The van der Waals surface area contributed by atoms with E-state index >= 15 is 0 Å². The van der Waals surface area contributed by atoms with Crippen LogP contribution in [0.4, 0.5) is 43.7 Å². The zero-order valence-electron chi connectivity index (χ0n) is 21.0. The Balaban J connectivity index is 0.000000162. The van der Waals surface area contributed by atoms with Gasteiger partial charge in [0.25, 0.3) is 0 Å². The van der Waals surface area contributed by atoms with Crippen molar-refractivity contribution in [3.8, 4) is 0 Å². The van der Waals surface area contributed by atoms with Crippen LogP contribution in [0, 0.1) is 0 Å². The number of alkyl halides is 6. The zero-order chi connectivity index (χ0) is 31.4. The van der Waals surface area contributed by atoms with Gasteiger partial charge >= 0.3 is 12.4 Å². The van der Waals surface area contributed by atoms with E-state index in [0.717, 1.165) is 22.3 Å². The van der Waals surface area contributed by atoms with E-state index in [1.165, 1.54) is 41.0 Å². The molecular formula is C24H15BrCl2F6N10. The summed E-state index contributed by atoms with van der Waals surface area (Å²) in [6.45, 7) is 0. The number of pyridine rings is 2. The van der Waals surface area contributed by atoms with Crippen LogP contribution in [0.2, 0.25) is 10.3 Å². The van der Waals surface area contributed by atoms with Crippen LogP contribution in [-0.4, -0.2) is 39.2 Å². The molecule has 0 radical (unpaired) electrons. The Morgan fingerprint density at radius 1 is 0.744 bits per heavy atom. The van der Waals surface area contributed by atoms with E-state index in [1.807, 2.05) is 0 Å². The highest BCUT2D eigenvalue weighted by Crippen LogP contribution is 2.30. The number of rotatable bonds is 2. The normalized spacial score (nSPS) is 11.5. The molecule has 6 aromatic rings. The quantitative estimate of drug-likeness (QED) is 0.179. The minimum absolute atomic E-state index is 0.0389. The van der Waals surface area contributed by atoms with Crippen molar-refractivity contribution in [3.05, 3.63) is 99.5 Å². The van der Waals surface area contributed by atoms with Gasteiger partial charge in [-0.25, -0.2) is 29.0 Å². The van der Waals surface area contributed by atoms with Crippen molar-refractivity contribution in [2.75, 3.05) is 11.1 Å². The van der Waals surface area contributed by atoms with Crippen LogP contribution in [0.5, 0.6) is 0 Å². The summed E-state index contributed by atoms with van der Waals surface area (Å²) in [6.07, 6.45) is -2.42. The molecule has 0 unspecified atom stereocenters. The van der Waals surface area contributed by atoms with E-state index in [4.69, 9.17) is 28.9 Å². The van der Waals surface area contributed by atoms with Gasteiger partial charge < -0.3 is 11.1 Å². The average molecular weight is 708 g/mol. The Morgan fingerprint density at radius 2 is 1.28 bits per heavy atom. The fourth-order valence-corrected chi connectivity index (χ4v) is 4.25. The zero-order valence-corrected chi connectivity index (χ0v) is 24.1. The van der Waals surface area contributed by atoms with Gasteiger partial charge in [-0.3, -0.25) is 0 Å². The second kappa shape index (κ2) is 13.0. The van der Waals surface area contributed by atoms with Crippen molar-refractivity contribution in [2.45, 2.75) is 12.4 Å². The van der Waals surface area contributed by atoms with E-state index in [0.29, 0.717) is 16.5 Å². The Kier molecular flexibility index (Phi) is 9.56. The first-order valence-corrected chi connectivity index (χ1v) is 13.0. The molecule has 0 aliphatic rings. The van der Waals surface area contributed by atoms with E-state index in [1.54, 1.807) is 29.2 Å². The molecule has 6 heterocycles. The monoisotopic (exact) mass is 706 g/mol. The highest BCUT2D eigenvalue weighted by molar-refractivity contribution is 9.10. The van der Waals surface area contributed by atoms with Crippen LogP contribution in [0.15, 0.2) is 77.8 Å². The van der Waals surface area contributed by atoms with Crippen molar-refractivity contribution < 1.29 is 26.3 Å². The number of nitrogens with two attached hydrogens (primary N) is 1. The molecule has 0 atom stereocenters. The lowest BCUT2D eigenvalue weighted by molar-refractivity contribution is -0.141. The lowest BCUT2D eigenvalue weighted by Crippen LogP contribution is -2.09. The fraction of sp³-hybridized carbons (Fsp3) is 0.0833. The van der Waals surface area contributed by atoms with Gasteiger partial charge in [0.2, 0.25) is 0 Å². The highest BCUT2D eigenvalue weighted by atomic mass is 79.9. The van der Waals surface area contributed by atoms with Gasteiger partial charge in [0.05, 0.1) is 10.2 Å². The molecule has 0 bridgehead atoms. The number of aromatic nitrogens is 8. The minimum atomic E-state index is -4.50. The van der Waals surface area contributed by atoms with Crippen LogP contribution in [0.3, 0.4) is 0 Å². The SMILES string of the molecule is Clc1cc(Br)c2nccn2n1.FC(F)(F)c1cccc(Nc2cc(Cl)nn3ccnc23)n1.Nc1cccc(C(F)(F)F)n1. The summed E-state index contributed by atoms with van der Waals surface area (Å²) in [7, 11) is 0. The summed E-state index contributed by atoms with van der Waals surface area (Å²) in [5.74, 6) is -0.0863. The third-order valence-electron chi connectivity index (χ3n) is 4.98. The van der Waals surface area contributed by atoms with Crippen molar-refractivity contribution in [3.63, 3.8) is 0 Å². The first-order valence-electron chi connectivity index (χ1n) is 11.5. The van der Waals surface area contributed by atoms with Crippen LogP contribution < -0.4 is 11.1 Å². The standard InChI is InChI=1S/C12H7ClF3N5.C6H3BrClN3.C6H5F3N2/c13-9-6-7(11-17-4-5-21(11)20-9)18-10-3-1-2-8(19-10)12(14,15)16;7-4-3-5(8)10-11-2-1-9-6(4)11;7-6(8,9)4-2-1-3-5(10)11-4/h1-6H,(H,18,19);1-3H;1-3H,(H2,10,11). The number of imidazole rings is 2. The summed E-state index contributed by atoms with van der Waals surface area (Å²) >= 11 is 14.9. The molecule has 0 aliphatic carbocycles. The molecular weight excluding hydrogens is 693 g/mol. The van der Waals surface area contributed by atoms with Crippen LogP contribution >= 0.6 is 39.1 Å². The minimum Gasteiger partial charge on any atom is -0.384 e. The van der Waals surface area contributed by atoms with E-state index < -0.39 is 23.7 Å². The smallest absolute Gasteiger partial charge is 0.384 e. The van der Waals surface area contributed by atoms with Gasteiger partial charge in [-0.1, -0.05) is 35.3 Å². The number of hydrogen-bond donors (Lipinski definition) is 2. The van der Waals surface area contributed by atoms with Crippen molar-refractivity contribution >= 4 is 67.7 Å². The molecule has 0 aliphatic heterocycles. The number of halogens is 9. The van der Waals surface area contributed by atoms with Crippen LogP contribution in [-0.2, 0) is 12.4 Å². The first-order chi connectivity index (χ1) is 20.2. The molecule has 43 heavy (non-hydrogen) atoms. The predicted molar refractivity (Wildman–Crippen MR) is 150 cm³/mol. The van der Waals surface area contributed by atoms with Gasteiger partial charge in [0.15, 0.2) is 21.6 Å². The fourth-order valence-electron chi connectivity index (χ4n) is 3.24. The summed E-state index contributed by atoms with van der Waals surface area (Å²) < 4.78 is 77.3. The summed E-state index contributed by atoms with van der Waals surface area (Å²) in [5.41, 5.74) is 4.71. The number of nitrogen functional groups attached to an aromatic ring is 1. The Bertz CT molecular complexity index is 1860. The van der Waals surface area contributed by atoms with Crippen molar-refractivity contribution in [1.82, 2.24) is 39.2 Å². The number of hydrogen-bond acceptors (Lipinski definition) is 8. The molecule has 10 nitrogen and oxygen atoms in total. The summed E-state index contributed by atoms with van der Waals surface area (Å²) in [6, 6.07) is 10.1. The molecule has 0 fully saturated rings. The Morgan fingerprint density at radius 3 is 1.86 bits per heavy atom. The molecule has 0 saturated carbocycles. The number of nitrogens with one attached hydrogen (secondary N) is 1. The van der Waals surface area contributed by atoms with Gasteiger partial charge in [-0.2, -0.15) is 36.5 Å². The van der Waals surface area contributed by atoms with Crippen LogP contribution in [0.25, 0.3) is 11.3 Å². The second-order valence-electron chi connectivity index (χ2n) is 8.06. The van der Waals surface area contributed by atoms with E-state index in [2.05, 4.69) is 51.4 Å². The van der Waals surface area contributed by atoms with Gasteiger partial charge in [0, 0.05) is 30.9 Å². The van der Waals surface area contributed by atoms with Gasteiger partial charge in [0.1, 0.15) is 23.0 Å². The molecule has 6 aromatic heterocycles. The molecule has 0 aromatic carbocycles. The van der Waals surface area contributed by atoms with Crippen molar-refractivity contribution in [1.29, 1.82) is 0 Å². The molecule has 0 amide bonds. The number of nitrogens with zero attached hydrogens (tertiary/aromatic N) is 8.